The second kappa shape index (κ2) is 4.49. The third-order valence-electron chi connectivity index (χ3n) is 2.63. The van der Waals surface area contributed by atoms with E-state index in [0.29, 0.717) is 12.1 Å². The molecule has 2 N–H and O–H groups in total. The molecule has 1 aromatic heterocycles. The molecule has 1 aromatic carbocycles. The second-order valence-corrected chi connectivity index (χ2v) is 3.94. The van der Waals surface area contributed by atoms with Crippen LogP contribution in [0.4, 0.5) is 4.39 Å². The summed E-state index contributed by atoms with van der Waals surface area (Å²) in [5, 5.41) is 0. The van der Waals surface area contributed by atoms with E-state index in [1.807, 2.05) is 35.9 Å². The lowest BCUT2D eigenvalue weighted by Gasteiger charge is -2.12. The van der Waals surface area contributed by atoms with Crippen LogP contribution in [-0.2, 0) is 6.54 Å². The van der Waals surface area contributed by atoms with Gasteiger partial charge in [0.2, 0.25) is 0 Å². The van der Waals surface area contributed by atoms with Crippen molar-refractivity contribution in [2.45, 2.75) is 19.5 Å². The quantitative estimate of drug-likeness (QED) is 0.843. The molecule has 1 unspecified atom stereocenters. The van der Waals surface area contributed by atoms with Gasteiger partial charge in [0, 0.05) is 23.5 Å². The number of hydrogen-bond donors (Lipinski definition) is 1. The van der Waals surface area contributed by atoms with Crippen molar-refractivity contribution in [1.29, 1.82) is 0 Å². The van der Waals surface area contributed by atoms with Crippen molar-refractivity contribution >= 4 is 0 Å². The largest absolute Gasteiger partial charge is 0.345 e. The Balaban J connectivity index is 2.27. The van der Waals surface area contributed by atoms with Crippen molar-refractivity contribution in [3.63, 3.8) is 0 Å². The first-order valence-electron chi connectivity index (χ1n) is 5.32. The Morgan fingerprint density at radius 3 is 2.69 bits per heavy atom. The average molecular weight is 218 g/mol. The highest BCUT2D eigenvalue weighted by molar-refractivity contribution is 5.20. The van der Waals surface area contributed by atoms with E-state index in [-0.39, 0.29) is 11.9 Å². The van der Waals surface area contributed by atoms with Crippen LogP contribution in [0, 0.1) is 5.82 Å². The first kappa shape index (κ1) is 10.9. The maximum absolute atomic E-state index is 13.5. The molecule has 0 aliphatic heterocycles. The van der Waals surface area contributed by atoms with Gasteiger partial charge in [-0.1, -0.05) is 18.2 Å². The molecule has 0 bridgehead atoms. The molecule has 3 heteroatoms. The summed E-state index contributed by atoms with van der Waals surface area (Å²) in [5.41, 5.74) is 7.53. The van der Waals surface area contributed by atoms with Gasteiger partial charge in [-0.2, -0.15) is 0 Å². The minimum atomic E-state index is -0.174. The Morgan fingerprint density at radius 1 is 1.25 bits per heavy atom. The molecule has 16 heavy (non-hydrogen) atoms. The normalized spacial score (nSPS) is 12.7. The Labute approximate surface area is 94.5 Å². The van der Waals surface area contributed by atoms with E-state index in [9.17, 15) is 4.39 Å². The van der Waals surface area contributed by atoms with Crippen LogP contribution in [-0.4, -0.2) is 4.57 Å². The summed E-state index contributed by atoms with van der Waals surface area (Å²) in [7, 11) is 0. The predicted octanol–water partition coefficient (Wildman–Crippen LogP) is 2.70. The van der Waals surface area contributed by atoms with Crippen LogP contribution in [0.1, 0.15) is 24.2 Å². The van der Waals surface area contributed by atoms with Crippen LogP contribution < -0.4 is 5.73 Å². The maximum atomic E-state index is 13.5. The molecule has 0 fully saturated rings. The highest BCUT2D eigenvalue weighted by atomic mass is 19.1. The number of aromatic nitrogens is 1. The van der Waals surface area contributed by atoms with Gasteiger partial charge < -0.3 is 10.3 Å². The Kier molecular flexibility index (Phi) is 3.06. The summed E-state index contributed by atoms with van der Waals surface area (Å²) in [6.45, 7) is 2.45. The van der Waals surface area contributed by atoms with E-state index < -0.39 is 0 Å². The van der Waals surface area contributed by atoms with Gasteiger partial charge in [-0.15, -0.1) is 0 Å². The summed E-state index contributed by atoms with van der Waals surface area (Å²) in [6, 6.07) is 10.7. The van der Waals surface area contributed by atoms with Crippen molar-refractivity contribution in [3.05, 3.63) is 59.7 Å². The molecule has 84 valence electrons. The molecule has 2 rings (SSSR count). The monoisotopic (exact) mass is 218 g/mol. The van der Waals surface area contributed by atoms with E-state index in [1.54, 1.807) is 12.1 Å². The van der Waals surface area contributed by atoms with E-state index >= 15 is 0 Å². The molecule has 0 aliphatic rings. The van der Waals surface area contributed by atoms with E-state index in [1.165, 1.54) is 6.07 Å². The van der Waals surface area contributed by atoms with Crippen LogP contribution in [0.5, 0.6) is 0 Å². The van der Waals surface area contributed by atoms with E-state index in [0.717, 1.165) is 5.69 Å². The molecule has 0 saturated heterocycles. The molecule has 1 atom stereocenters. The van der Waals surface area contributed by atoms with E-state index in [4.69, 9.17) is 5.73 Å². The average Bonchev–Trinajstić information content (AvgIpc) is 2.69. The van der Waals surface area contributed by atoms with Crippen molar-refractivity contribution in [2.75, 3.05) is 0 Å². The van der Waals surface area contributed by atoms with Crippen LogP contribution in [0.15, 0.2) is 42.6 Å². The molecule has 2 nitrogen and oxygen atoms in total. The summed E-state index contributed by atoms with van der Waals surface area (Å²) < 4.78 is 15.4. The zero-order valence-electron chi connectivity index (χ0n) is 9.23. The van der Waals surface area contributed by atoms with Crippen molar-refractivity contribution in [2.24, 2.45) is 5.73 Å². The number of rotatable bonds is 3. The lowest BCUT2D eigenvalue weighted by molar-refractivity contribution is 0.590. The topological polar surface area (TPSA) is 30.9 Å². The third-order valence-corrected chi connectivity index (χ3v) is 2.63. The lowest BCUT2D eigenvalue weighted by Crippen LogP contribution is -2.12. The fraction of sp³-hybridized carbons (Fsp3) is 0.231. The first-order valence-corrected chi connectivity index (χ1v) is 5.32. The van der Waals surface area contributed by atoms with Gasteiger partial charge in [-0.25, -0.2) is 4.39 Å². The molecule has 0 saturated carbocycles. The van der Waals surface area contributed by atoms with Crippen molar-refractivity contribution in [3.8, 4) is 0 Å². The Morgan fingerprint density at radius 2 is 2.00 bits per heavy atom. The fourth-order valence-corrected chi connectivity index (χ4v) is 1.79. The molecule has 0 amide bonds. The molecule has 0 spiro atoms. The fourth-order valence-electron chi connectivity index (χ4n) is 1.79. The smallest absolute Gasteiger partial charge is 0.128 e. The highest BCUT2D eigenvalue weighted by Crippen LogP contribution is 2.14. The Hall–Kier alpha value is -1.61. The maximum Gasteiger partial charge on any atom is 0.128 e. The summed E-state index contributed by atoms with van der Waals surface area (Å²) >= 11 is 0. The molecule has 0 aliphatic carbocycles. The second-order valence-electron chi connectivity index (χ2n) is 3.94. The number of halogens is 1. The van der Waals surface area contributed by atoms with Crippen LogP contribution >= 0.6 is 0 Å². The number of nitrogens with two attached hydrogens (primary N) is 1. The summed E-state index contributed by atoms with van der Waals surface area (Å²) in [5.74, 6) is -0.174. The highest BCUT2D eigenvalue weighted by Gasteiger charge is 2.07. The zero-order chi connectivity index (χ0) is 11.5. The molecule has 1 heterocycles. The third kappa shape index (κ3) is 2.14. The van der Waals surface area contributed by atoms with Gasteiger partial charge >= 0.3 is 0 Å². The van der Waals surface area contributed by atoms with Gasteiger partial charge in [-0.05, 0) is 25.1 Å². The van der Waals surface area contributed by atoms with Crippen LogP contribution in [0.2, 0.25) is 0 Å². The minimum Gasteiger partial charge on any atom is -0.345 e. The van der Waals surface area contributed by atoms with Crippen molar-refractivity contribution in [1.82, 2.24) is 4.57 Å². The SMILES string of the molecule is CC(N)c1cccn1Cc1ccccc1F. The van der Waals surface area contributed by atoms with E-state index in [2.05, 4.69) is 0 Å². The first-order chi connectivity index (χ1) is 7.68. The molecule has 0 radical (unpaired) electrons. The van der Waals surface area contributed by atoms with Gasteiger partial charge in [-0.3, -0.25) is 0 Å². The number of hydrogen-bond acceptors (Lipinski definition) is 1. The Bertz CT molecular complexity index is 474. The summed E-state index contributed by atoms with van der Waals surface area (Å²) in [4.78, 5) is 0. The zero-order valence-corrected chi connectivity index (χ0v) is 9.23. The molecular formula is C13H15FN2. The molecular weight excluding hydrogens is 203 g/mol. The lowest BCUT2D eigenvalue weighted by atomic mass is 10.2. The van der Waals surface area contributed by atoms with Crippen LogP contribution in [0.3, 0.4) is 0 Å². The van der Waals surface area contributed by atoms with Gasteiger partial charge in [0.1, 0.15) is 5.82 Å². The predicted molar refractivity (Wildman–Crippen MR) is 62.5 cm³/mol. The van der Waals surface area contributed by atoms with Crippen molar-refractivity contribution < 1.29 is 4.39 Å². The molecule has 2 aromatic rings. The van der Waals surface area contributed by atoms with Gasteiger partial charge in [0.05, 0.1) is 6.54 Å². The standard InChI is InChI=1S/C13H15FN2/c1-10(15)13-7-4-8-16(13)9-11-5-2-3-6-12(11)14/h2-8,10H,9,15H2,1H3. The van der Waals surface area contributed by atoms with Gasteiger partial charge in [0.15, 0.2) is 0 Å². The minimum absolute atomic E-state index is 0.0400. The van der Waals surface area contributed by atoms with Crippen LogP contribution in [0.25, 0.3) is 0 Å². The van der Waals surface area contributed by atoms with Gasteiger partial charge in [0.25, 0.3) is 0 Å². The number of benzene rings is 1. The summed E-state index contributed by atoms with van der Waals surface area (Å²) in [6.07, 6.45) is 1.92. The number of nitrogens with zero attached hydrogens (tertiary/aromatic N) is 1.